The average Bonchev–Trinajstić information content (AvgIpc) is 3.70. The Morgan fingerprint density at radius 1 is 1.11 bits per heavy atom. The molecule has 0 unspecified atom stereocenters. The predicted molar refractivity (Wildman–Crippen MR) is 147 cm³/mol. The van der Waals surface area contributed by atoms with Gasteiger partial charge in [-0.05, 0) is 81.5 Å². The fourth-order valence-corrected chi connectivity index (χ4v) is 4.52. The fourth-order valence-electron chi connectivity index (χ4n) is 4.52. The van der Waals surface area contributed by atoms with Crippen LogP contribution in [-0.4, -0.2) is 30.2 Å². The van der Waals surface area contributed by atoms with Crippen LogP contribution in [0, 0.1) is 26.6 Å². The lowest BCUT2D eigenvalue weighted by atomic mass is 9.92. The molecule has 1 fully saturated rings. The lowest BCUT2D eigenvalue weighted by molar-refractivity contribution is -0.114. The van der Waals surface area contributed by atoms with Crippen LogP contribution in [0.15, 0.2) is 51.3 Å². The summed E-state index contributed by atoms with van der Waals surface area (Å²) in [5, 5.41) is 5.77. The SMILES string of the molecule is CC(=O)Nc1ccc(C)c(/C(=C(\C)N(C)C2CC2)c2oc(=O)c(C)c(Nc3ccc(C)cc3F)c2C=O)c1. The highest BCUT2D eigenvalue weighted by Crippen LogP contribution is 2.39. The highest BCUT2D eigenvalue weighted by atomic mass is 19.1. The van der Waals surface area contributed by atoms with Gasteiger partial charge in [0.15, 0.2) is 12.0 Å². The van der Waals surface area contributed by atoms with Crippen molar-refractivity contribution in [1.29, 1.82) is 0 Å². The number of benzene rings is 2. The second-order valence-corrected chi connectivity index (χ2v) is 9.87. The molecule has 0 aliphatic heterocycles. The monoisotopic (exact) mass is 517 g/mol. The van der Waals surface area contributed by atoms with Gasteiger partial charge in [0.2, 0.25) is 5.91 Å². The summed E-state index contributed by atoms with van der Waals surface area (Å²) in [6.45, 7) is 8.56. The highest BCUT2D eigenvalue weighted by molar-refractivity contribution is 5.97. The Morgan fingerprint density at radius 2 is 1.82 bits per heavy atom. The molecule has 1 heterocycles. The smallest absolute Gasteiger partial charge is 0.341 e. The number of aldehydes is 1. The summed E-state index contributed by atoms with van der Waals surface area (Å²) in [5.74, 6) is -0.645. The van der Waals surface area contributed by atoms with Gasteiger partial charge >= 0.3 is 5.63 Å². The third-order valence-corrected chi connectivity index (χ3v) is 6.93. The molecular formula is C30H32FN3O4. The first-order chi connectivity index (χ1) is 18.0. The highest BCUT2D eigenvalue weighted by Gasteiger charge is 2.31. The molecule has 0 radical (unpaired) electrons. The number of hydrogen-bond acceptors (Lipinski definition) is 6. The quantitative estimate of drug-likeness (QED) is 0.351. The van der Waals surface area contributed by atoms with Crippen LogP contribution >= 0.6 is 0 Å². The van der Waals surface area contributed by atoms with Gasteiger partial charge in [-0.15, -0.1) is 0 Å². The van der Waals surface area contributed by atoms with Gasteiger partial charge in [0.05, 0.1) is 22.5 Å². The molecule has 2 aromatic carbocycles. The Balaban J connectivity index is 2.00. The molecule has 0 spiro atoms. The van der Waals surface area contributed by atoms with Crippen LogP contribution in [0.2, 0.25) is 0 Å². The van der Waals surface area contributed by atoms with Gasteiger partial charge in [0.25, 0.3) is 0 Å². The Hall–Kier alpha value is -4.20. The van der Waals surface area contributed by atoms with Crippen molar-refractivity contribution < 1.29 is 18.4 Å². The lowest BCUT2D eigenvalue weighted by Gasteiger charge is -2.25. The van der Waals surface area contributed by atoms with Crippen molar-refractivity contribution in [2.75, 3.05) is 17.7 Å². The van der Waals surface area contributed by atoms with E-state index >= 15 is 0 Å². The van der Waals surface area contributed by atoms with Crippen molar-refractivity contribution in [3.05, 3.63) is 91.9 Å². The Kier molecular flexibility index (Phi) is 7.53. The van der Waals surface area contributed by atoms with E-state index in [9.17, 15) is 18.8 Å². The zero-order valence-corrected chi connectivity index (χ0v) is 22.5. The Labute approximate surface area is 221 Å². The minimum atomic E-state index is -0.643. The molecule has 7 nitrogen and oxygen atoms in total. The van der Waals surface area contributed by atoms with Gasteiger partial charge in [-0.3, -0.25) is 9.59 Å². The average molecular weight is 518 g/mol. The molecule has 8 heteroatoms. The molecule has 1 aromatic heterocycles. The molecule has 1 saturated carbocycles. The summed E-state index contributed by atoms with van der Waals surface area (Å²) in [4.78, 5) is 39.6. The second-order valence-electron chi connectivity index (χ2n) is 9.87. The molecule has 0 bridgehead atoms. The maximum absolute atomic E-state index is 14.8. The van der Waals surface area contributed by atoms with Gasteiger partial charge in [0.1, 0.15) is 5.82 Å². The van der Waals surface area contributed by atoms with Crippen LogP contribution in [0.1, 0.15) is 65.1 Å². The summed E-state index contributed by atoms with van der Waals surface area (Å²) in [6.07, 6.45) is 2.69. The topological polar surface area (TPSA) is 91.7 Å². The van der Waals surface area contributed by atoms with Crippen LogP contribution < -0.4 is 16.3 Å². The number of nitrogens with one attached hydrogen (secondary N) is 2. The fraction of sp³-hybridized carbons (Fsp3) is 0.300. The van der Waals surface area contributed by atoms with E-state index in [1.165, 1.54) is 19.9 Å². The summed E-state index contributed by atoms with van der Waals surface area (Å²) in [7, 11) is 1.97. The molecule has 1 aliphatic rings. The number of aryl methyl sites for hydroxylation is 2. The van der Waals surface area contributed by atoms with Crippen LogP contribution in [0.25, 0.3) is 5.57 Å². The molecule has 1 amide bonds. The van der Waals surface area contributed by atoms with Crippen molar-refractivity contribution in [1.82, 2.24) is 4.90 Å². The van der Waals surface area contributed by atoms with E-state index in [4.69, 9.17) is 4.42 Å². The van der Waals surface area contributed by atoms with Crippen LogP contribution in [-0.2, 0) is 4.79 Å². The molecular weight excluding hydrogens is 485 g/mol. The zero-order valence-electron chi connectivity index (χ0n) is 22.5. The van der Waals surface area contributed by atoms with E-state index in [1.807, 2.05) is 27.0 Å². The minimum absolute atomic E-state index is 0.0821. The summed E-state index contributed by atoms with van der Waals surface area (Å²) in [6, 6.07) is 10.5. The molecule has 2 N–H and O–H groups in total. The van der Waals surface area contributed by atoms with E-state index in [1.54, 1.807) is 31.2 Å². The first-order valence-electron chi connectivity index (χ1n) is 12.5. The number of carbonyl (C=O) groups is 2. The van der Waals surface area contributed by atoms with Crippen LogP contribution in [0.3, 0.4) is 0 Å². The Bertz CT molecular complexity index is 1520. The number of anilines is 3. The number of hydrogen-bond donors (Lipinski definition) is 2. The maximum Gasteiger partial charge on any atom is 0.341 e. The second kappa shape index (κ2) is 10.7. The molecule has 3 aromatic rings. The predicted octanol–water partition coefficient (Wildman–Crippen LogP) is 6.09. The van der Waals surface area contributed by atoms with Crippen molar-refractivity contribution in [3.63, 3.8) is 0 Å². The molecule has 0 atom stereocenters. The number of rotatable bonds is 8. The van der Waals surface area contributed by atoms with E-state index in [0.29, 0.717) is 29.2 Å². The molecule has 198 valence electrons. The van der Waals surface area contributed by atoms with Gasteiger partial charge in [0, 0.05) is 37.0 Å². The lowest BCUT2D eigenvalue weighted by Crippen LogP contribution is -2.21. The first kappa shape index (κ1) is 26.9. The van der Waals surface area contributed by atoms with Crippen LogP contribution in [0.5, 0.6) is 0 Å². The minimum Gasteiger partial charge on any atom is -0.422 e. The van der Waals surface area contributed by atoms with E-state index < -0.39 is 11.4 Å². The zero-order chi connectivity index (χ0) is 27.7. The number of halogens is 1. The van der Waals surface area contributed by atoms with Gasteiger partial charge < -0.3 is 20.0 Å². The van der Waals surface area contributed by atoms with E-state index in [2.05, 4.69) is 15.5 Å². The molecule has 38 heavy (non-hydrogen) atoms. The maximum atomic E-state index is 14.8. The number of nitrogens with zero attached hydrogens (tertiary/aromatic N) is 1. The molecule has 1 aliphatic carbocycles. The van der Waals surface area contributed by atoms with Gasteiger partial charge in [-0.25, -0.2) is 9.18 Å². The number of amides is 1. The molecule has 0 saturated heterocycles. The third-order valence-electron chi connectivity index (χ3n) is 6.93. The third kappa shape index (κ3) is 5.39. The largest absolute Gasteiger partial charge is 0.422 e. The summed E-state index contributed by atoms with van der Waals surface area (Å²) in [5.41, 5.74) is 4.16. The standard InChI is InChI=1S/C30H32FN3O4/c1-16-7-12-26(25(31)13-16)33-28-18(3)30(37)38-29(24(28)15-35)27(19(4)34(6)22-10-11-22)23-14-21(32-20(5)36)9-8-17(23)2/h7-9,12-15,22,33H,10-11H2,1-6H3,(H,32,36)/b27-19-. The number of carbonyl (C=O) groups excluding carboxylic acids is 2. The van der Waals surface area contributed by atoms with Gasteiger partial charge in [-0.2, -0.15) is 0 Å². The van der Waals surface area contributed by atoms with Gasteiger partial charge in [-0.1, -0.05) is 12.1 Å². The number of allylic oxidation sites excluding steroid dienone is 1. The normalized spacial score (nSPS) is 13.6. The van der Waals surface area contributed by atoms with E-state index in [0.717, 1.165) is 29.7 Å². The van der Waals surface area contributed by atoms with E-state index in [-0.39, 0.29) is 34.2 Å². The Morgan fingerprint density at radius 3 is 2.42 bits per heavy atom. The van der Waals surface area contributed by atoms with Crippen molar-refractivity contribution >= 4 is 34.8 Å². The van der Waals surface area contributed by atoms with Crippen molar-refractivity contribution in [2.24, 2.45) is 0 Å². The molecule has 4 rings (SSSR count). The van der Waals surface area contributed by atoms with Crippen molar-refractivity contribution in [3.8, 4) is 0 Å². The van der Waals surface area contributed by atoms with Crippen molar-refractivity contribution in [2.45, 2.75) is 53.5 Å². The summed E-state index contributed by atoms with van der Waals surface area (Å²) < 4.78 is 20.6. The first-order valence-corrected chi connectivity index (χ1v) is 12.5. The summed E-state index contributed by atoms with van der Waals surface area (Å²) >= 11 is 0. The van der Waals surface area contributed by atoms with Crippen LogP contribution in [0.4, 0.5) is 21.5 Å².